The van der Waals surface area contributed by atoms with E-state index in [1.807, 2.05) is 24.3 Å². The number of benzene rings is 3. The molecule has 12 heteroatoms. The Bertz CT molecular complexity index is 1470. The summed E-state index contributed by atoms with van der Waals surface area (Å²) >= 11 is 0. The van der Waals surface area contributed by atoms with E-state index in [4.69, 9.17) is 18.8 Å². The van der Waals surface area contributed by atoms with Crippen LogP contribution >= 0.6 is 0 Å². The van der Waals surface area contributed by atoms with E-state index in [0.29, 0.717) is 5.56 Å². The molecule has 3 atom stereocenters. The largest absolute Gasteiger partial charge is 0.483 e. The zero-order valence-corrected chi connectivity index (χ0v) is 24.7. The van der Waals surface area contributed by atoms with Gasteiger partial charge in [0, 0.05) is 5.56 Å². The van der Waals surface area contributed by atoms with Gasteiger partial charge in [-0.15, -0.1) is 0 Å². The van der Waals surface area contributed by atoms with Gasteiger partial charge in [-0.1, -0.05) is 32.9 Å². The average Bonchev–Trinajstić information content (AvgIpc) is 3.18. The van der Waals surface area contributed by atoms with Crippen molar-refractivity contribution in [3.05, 3.63) is 83.9 Å². The molecule has 0 aliphatic carbocycles. The van der Waals surface area contributed by atoms with Crippen molar-refractivity contribution in [1.82, 2.24) is 0 Å². The smallest absolute Gasteiger partial charge is 0.405 e. The van der Waals surface area contributed by atoms with E-state index in [0.717, 1.165) is 27.2 Å². The molecule has 3 unspecified atom stereocenters. The van der Waals surface area contributed by atoms with E-state index in [-0.39, 0.29) is 11.2 Å². The van der Waals surface area contributed by atoms with Crippen molar-refractivity contribution in [1.29, 1.82) is 0 Å². The van der Waals surface area contributed by atoms with Crippen LogP contribution in [0.5, 0.6) is 5.75 Å². The van der Waals surface area contributed by atoms with Gasteiger partial charge in [-0.05, 0) is 85.5 Å². The number of alkyl halides is 4. The third-order valence-electron chi connectivity index (χ3n) is 6.62. The fourth-order valence-electron chi connectivity index (χ4n) is 4.24. The molecule has 0 radical (unpaired) electrons. The minimum absolute atomic E-state index is 0.0177. The van der Waals surface area contributed by atoms with E-state index < -0.39 is 50.9 Å². The van der Waals surface area contributed by atoms with Crippen molar-refractivity contribution in [2.45, 2.75) is 78.0 Å². The van der Waals surface area contributed by atoms with E-state index in [9.17, 15) is 26.0 Å². The standard InChI is InChI=1S/C29H30F4O6S2/c1-19(29(32,33)41(34,35)36)38-22-10-16-25(17-11-22)40(23-12-6-20(7-13-23)26(2,3)4)24-14-8-21(9-15-24)27(5)37-18-28(30,31)39-27/h6-17,19H,18H2,1-5H3/p+1. The summed E-state index contributed by atoms with van der Waals surface area (Å²) in [6.07, 6.45) is -5.54. The van der Waals surface area contributed by atoms with E-state index in [1.165, 1.54) is 19.1 Å². The van der Waals surface area contributed by atoms with E-state index in [2.05, 4.69) is 20.8 Å². The molecule has 4 rings (SSSR count). The van der Waals surface area contributed by atoms with Crippen LogP contribution in [0.3, 0.4) is 0 Å². The lowest BCUT2D eigenvalue weighted by Gasteiger charge is -2.23. The topological polar surface area (TPSA) is 82.1 Å². The predicted octanol–water partition coefficient (Wildman–Crippen LogP) is 7.14. The molecule has 6 nitrogen and oxygen atoms in total. The lowest BCUT2D eigenvalue weighted by atomic mass is 9.87. The van der Waals surface area contributed by atoms with E-state index in [1.54, 1.807) is 36.4 Å². The second kappa shape index (κ2) is 10.9. The Morgan fingerprint density at radius 1 is 0.902 bits per heavy atom. The summed E-state index contributed by atoms with van der Waals surface area (Å²) in [7, 11) is -6.38. The van der Waals surface area contributed by atoms with Crippen LogP contribution in [0.1, 0.15) is 45.7 Å². The van der Waals surface area contributed by atoms with Crippen LogP contribution in [0.4, 0.5) is 17.6 Å². The van der Waals surface area contributed by atoms with Gasteiger partial charge in [0.2, 0.25) is 0 Å². The van der Waals surface area contributed by atoms with Crippen LogP contribution in [0.25, 0.3) is 0 Å². The molecule has 1 saturated heterocycles. The Hall–Kier alpha value is -2.64. The molecular weight excluding hydrogens is 584 g/mol. The summed E-state index contributed by atoms with van der Waals surface area (Å²) < 4.78 is 102. The first-order chi connectivity index (χ1) is 18.8. The second-order valence-corrected chi connectivity index (χ2v) is 14.4. The minimum atomic E-state index is -5.67. The molecule has 0 amide bonds. The van der Waals surface area contributed by atoms with Crippen molar-refractivity contribution in [2.24, 2.45) is 0 Å². The molecule has 0 bridgehead atoms. The molecule has 0 spiro atoms. The molecule has 1 heterocycles. The molecule has 0 saturated carbocycles. The fourth-order valence-corrected chi connectivity index (χ4v) is 6.75. The number of rotatable bonds is 8. The zero-order chi connectivity index (χ0) is 30.4. The average molecular weight is 616 g/mol. The maximum absolute atomic E-state index is 14.0. The van der Waals surface area contributed by atoms with Gasteiger partial charge in [0.25, 0.3) is 0 Å². The summed E-state index contributed by atoms with van der Waals surface area (Å²) in [6.45, 7) is 7.73. The van der Waals surface area contributed by atoms with Crippen molar-refractivity contribution < 1.29 is 44.7 Å². The van der Waals surface area contributed by atoms with Crippen LogP contribution in [0.2, 0.25) is 0 Å². The molecule has 1 aliphatic rings. The number of hydrogen-bond donors (Lipinski definition) is 1. The highest BCUT2D eigenvalue weighted by molar-refractivity contribution is 7.97. The Labute approximate surface area is 239 Å². The Morgan fingerprint density at radius 2 is 1.37 bits per heavy atom. The van der Waals surface area contributed by atoms with Crippen molar-refractivity contribution >= 4 is 21.0 Å². The van der Waals surface area contributed by atoms with E-state index >= 15 is 0 Å². The second-order valence-electron chi connectivity index (χ2n) is 10.8. The zero-order valence-electron chi connectivity index (χ0n) is 23.0. The highest BCUT2D eigenvalue weighted by Gasteiger charge is 2.52. The Morgan fingerprint density at radius 3 is 1.78 bits per heavy atom. The molecule has 1 aliphatic heterocycles. The first-order valence-corrected chi connectivity index (χ1v) is 15.3. The monoisotopic (exact) mass is 615 g/mol. The third-order valence-corrected chi connectivity index (χ3v) is 9.87. The maximum atomic E-state index is 14.0. The molecule has 1 N–H and O–H groups in total. The van der Waals surface area contributed by atoms with Crippen LogP contribution < -0.4 is 4.74 Å². The first kappa shape index (κ1) is 31.3. The Balaban J connectivity index is 1.68. The molecule has 1 fully saturated rings. The number of hydrogen-bond acceptors (Lipinski definition) is 5. The number of halogens is 4. The van der Waals surface area contributed by atoms with Crippen molar-refractivity contribution in [2.75, 3.05) is 6.61 Å². The molecule has 3 aromatic carbocycles. The lowest BCUT2D eigenvalue weighted by Crippen LogP contribution is -2.42. The highest BCUT2D eigenvalue weighted by atomic mass is 32.2. The van der Waals surface area contributed by atoms with Crippen LogP contribution in [0, 0.1) is 0 Å². The fraction of sp³-hybridized carbons (Fsp3) is 0.379. The van der Waals surface area contributed by atoms with Crippen molar-refractivity contribution in [3.63, 3.8) is 0 Å². The normalized spacial score (nSPS) is 20.9. The van der Waals surface area contributed by atoms with Crippen molar-refractivity contribution in [3.8, 4) is 5.75 Å². The lowest BCUT2D eigenvalue weighted by molar-refractivity contribution is -0.266. The Kier molecular flexibility index (Phi) is 8.31. The maximum Gasteiger partial charge on any atom is 0.405 e. The van der Waals surface area contributed by atoms with Gasteiger partial charge >= 0.3 is 21.5 Å². The summed E-state index contributed by atoms with van der Waals surface area (Å²) in [6, 6.07) is 21.2. The quantitative estimate of drug-likeness (QED) is 0.165. The molecular formula is C29H31F4O6S2+. The SMILES string of the molecule is CC(Oc1ccc([S+](c2ccc(C(C)(C)C)cc2)c2ccc(C3(C)OCC(F)(F)O3)cc2)cc1)C(F)(F)S(=O)(=O)O. The molecule has 3 aromatic rings. The van der Waals surface area contributed by atoms with Crippen LogP contribution in [-0.2, 0) is 41.7 Å². The van der Waals surface area contributed by atoms with Gasteiger partial charge in [-0.3, -0.25) is 9.29 Å². The van der Waals surface area contributed by atoms with Gasteiger partial charge in [0.1, 0.15) is 12.4 Å². The van der Waals surface area contributed by atoms with Gasteiger partial charge in [-0.2, -0.15) is 26.0 Å². The summed E-state index contributed by atoms with van der Waals surface area (Å²) in [4.78, 5) is 2.57. The van der Waals surface area contributed by atoms with Crippen LogP contribution in [-0.4, -0.2) is 37.0 Å². The third kappa shape index (κ3) is 6.72. The summed E-state index contributed by atoms with van der Waals surface area (Å²) in [5.41, 5.74) is 1.47. The molecule has 222 valence electrons. The summed E-state index contributed by atoms with van der Waals surface area (Å²) in [5, 5.41) is -4.50. The highest BCUT2D eigenvalue weighted by Crippen LogP contribution is 2.42. The van der Waals surface area contributed by atoms with Gasteiger partial charge in [-0.25, -0.2) is 0 Å². The van der Waals surface area contributed by atoms with Gasteiger partial charge in [0.15, 0.2) is 26.6 Å². The molecule has 41 heavy (non-hydrogen) atoms. The van der Waals surface area contributed by atoms with Gasteiger partial charge in [0.05, 0.1) is 10.9 Å². The summed E-state index contributed by atoms with van der Waals surface area (Å²) in [5.74, 6) is -1.62. The number of ether oxygens (including phenoxy) is 3. The molecule has 0 aromatic heterocycles. The van der Waals surface area contributed by atoms with Crippen LogP contribution in [0.15, 0.2) is 87.5 Å². The minimum Gasteiger partial charge on any atom is -0.483 e. The first-order valence-electron chi connectivity index (χ1n) is 12.6. The van der Waals surface area contributed by atoms with Gasteiger partial charge < -0.3 is 9.47 Å². The predicted molar refractivity (Wildman–Crippen MR) is 146 cm³/mol.